The van der Waals surface area contributed by atoms with Crippen LogP contribution in [0.5, 0.6) is 0 Å². The molecular weight excluding hydrogens is 822 g/mol. The van der Waals surface area contributed by atoms with Crippen LogP contribution in [0.1, 0.15) is 284 Å². The zero-order chi connectivity index (χ0) is 47.1. The van der Waals surface area contributed by atoms with Gasteiger partial charge in [-0.1, -0.05) is 258 Å². The second kappa shape index (κ2) is 47.1. The Hall–Kier alpha value is -0.990. The molecule has 0 spiro atoms. The molecule has 2 unspecified atom stereocenters. The number of nitrogens with zero attached hydrogens (tertiary/aromatic N) is 1. The quantitative estimate of drug-likeness (QED) is 0.0257. The summed E-state index contributed by atoms with van der Waals surface area (Å²) in [5.41, 5.74) is 0. The Morgan fingerprint density at radius 3 is 1.00 bits per heavy atom. The molecule has 0 aromatic carbocycles. The topological polar surface area (TPSA) is 111 Å². The van der Waals surface area contributed by atoms with Gasteiger partial charge in [0.05, 0.1) is 27.7 Å². The number of phosphoric acid groups is 1. The minimum Gasteiger partial charge on any atom is -0.756 e. The second-order valence-electron chi connectivity index (χ2n) is 20.3. The van der Waals surface area contributed by atoms with Crippen LogP contribution in [0.2, 0.25) is 0 Å². The third-order valence-electron chi connectivity index (χ3n) is 12.6. The summed E-state index contributed by atoms with van der Waals surface area (Å²) in [6, 6.07) is 0. The Labute approximate surface area is 397 Å². The summed E-state index contributed by atoms with van der Waals surface area (Å²) < 4.78 is 34.1. The van der Waals surface area contributed by atoms with E-state index in [4.69, 9.17) is 18.5 Å². The monoisotopic (exact) mass is 930 g/mol. The summed E-state index contributed by atoms with van der Waals surface area (Å²) in [4.78, 5) is 37.7. The van der Waals surface area contributed by atoms with E-state index in [9.17, 15) is 19.0 Å². The number of hydrogen-bond donors (Lipinski definition) is 0. The molecule has 0 aromatic heterocycles. The molecule has 2 atom stereocenters. The van der Waals surface area contributed by atoms with Gasteiger partial charge in [0.1, 0.15) is 19.8 Å². The number of likely N-dealkylation sites (N-methyl/N-ethyl adjacent to an activating group) is 1. The Morgan fingerprint density at radius 2 is 0.703 bits per heavy atom. The van der Waals surface area contributed by atoms with Gasteiger partial charge in [-0.15, -0.1) is 0 Å². The van der Waals surface area contributed by atoms with Crippen molar-refractivity contribution >= 4 is 19.8 Å². The van der Waals surface area contributed by atoms with E-state index in [2.05, 4.69) is 13.8 Å². The highest BCUT2D eigenvalue weighted by Gasteiger charge is 2.22. The molecule has 0 heterocycles. The fraction of sp³-hybridized carbons (Fsp3) is 0.963. The predicted molar refractivity (Wildman–Crippen MR) is 269 cm³/mol. The van der Waals surface area contributed by atoms with Crippen LogP contribution < -0.4 is 4.89 Å². The molecule has 382 valence electrons. The summed E-state index contributed by atoms with van der Waals surface area (Å²) in [5, 5.41) is 0. The Morgan fingerprint density at radius 1 is 0.422 bits per heavy atom. The van der Waals surface area contributed by atoms with Gasteiger partial charge in [-0.25, -0.2) is 0 Å². The first-order valence-electron chi connectivity index (χ1n) is 27.7. The number of carbonyl (C=O) groups is 2. The van der Waals surface area contributed by atoms with Gasteiger partial charge in [0, 0.05) is 12.8 Å². The van der Waals surface area contributed by atoms with E-state index in [0.29, 0.717) is 17.4 Å². The summed E-state index contributed by atoms with van der Waals surface area (Å²) in [7, 11) is 1.19. The van der Waals surface area contributed by atoms with Crippen molar-refractivity contribution in [2.24, 2.45) is 0 Å². The number of rotatable bonds is 52. The third-order valence-corrected chi connectivity index (χ3v) is 13.6. The lowest BCUT2D eigenvalue weighted by atomic mass is 10.0. The first-order chi connectivity index (χ1) is 31.0. The molecule has 0 saturated heterocycles. The maximum atomic E-state index is 12.8. The summed E-state index contributed by atoms with van der Waals surface area (Å²) in [5.74, 6) is -0.812. The van der Waals surface area contributed by atoms with Crippen molar-refractivity contribution in [1.82, 2.24) is 0 Å². The molecule has 0 aliphatic rings. The number of phosphoric ester groups is 1. The van der Waals surface area contributed by atoms with Crippen molar-refractivity contribution in [1.29, 1.82) is 0 Å². The SMILES string of the molecule is CCCCCCCCCCCCCCCCCCCCCCCCCCCCC(=O)OC(COC(=O)CCCCCCCCCCCCCCCC)COP(=O)([O-])OCC[N+](C)(C)C. The number of ether oxygens (including phenoxy) is 2. The van der Waals surface area contributed by atoms with Gasteiger partial charge in [-0.3, -0.25) is 14.2 Å². The molecule has 0 bridgehead atoms. The lowest BCUT2D eigenvalue weighted by molar-refractivity contribution is -0.870. The Bertz CT molecular complexity index is 1050. The van der Waals surface area contributed by atoms with Crippen LogP contribution in [0.25, 0.3) is 0 Å². The number of esters is 2. The minimum absolute atomic E-state index is 0.0253. The molecule has 0 aromatic rings. The van der Waals surface area contributed by atoms with Crippen LogP contribution in [0.3, 0.4) is 0 Å². The molecule has 0 radical (unpaired) electrons. The van der Waals surface area contributed by atoms with E-state index < -0.39 is 26.5 Å². The molecule has 0 aliphatic carbocycles. The maximum Gasteiger partial charge on any atom is 0.306 e. The highest BCUT2D eigenvalue weighted by Crippen LogP contribution is 2.38. The van der Waals surface area contributed by atoms with Crippen molar-refractivity contribution in [3.05, 3.63) is 0 Å². The minimum atomic E-state index is -4.62. The van der Waals surface area contributed by atoms with Crippen LogP contribution in [0.15, 0.2) is 0 Å². The normalized spacial score (nSPS) is 13.3. The van der Waals surface area contributed by atoms with Gasteiger partial charge < -0.3 is 27.9 Å². The fourth-order valence-corrected chi connectivity index (χ4v) is 9.03. The van der Waals surface area contributed by atoms with Gasteiger partial charge >= 0.3 is 11.9 Å². The lowest BCUT2D eigenvalue weighted by Crippen LogP contribution is -2.37. The van der Waals surface area contributed by atoms with Crippen molar-refractivity contribution in [2.45, 2.75) is 290 Å². The highest BCUT2D eigenvalue weighted by molar-refractivity contribution is 7.45. The van der Waals surface area contributed by atoms with Gasteiger partial charge in [0.2, 0.25) is 0 Å². The Balaban J connectivity index is 4.07. The predicted octanol–water partition coefficient (Wildman–Crippen LogP) is 16.1. The van der Waals surface area contributed by atoms with Crippen molar-refractivity contribution in [2.75, 3.05) is 47.5 Å². The zero-order valence-electron chi connectivity index (χ0n) is 43.3. The van der Waals surface area contributed by atoms with Crippen LogP contribution in [-0.4, -0.2) is 70.0 Å². The average Bonchev–Trinajstić information content (AvgIpc) is 3.25. The van der Waals surface area contributed by atoms with Crippen LogP contribution in [0, 0.1) is 0 Å². The first kappa shape index (κ1) is 63.0. The smallest absolute Gasteiger partial charge is 0.306 e. The van der Waals surface area contributed by atoms with E-state index in [0.717, 1.165) is 32.1 Å². The van der Waals surface area contributed by atoms with Crippen LogP contribution in [0.4, 0.5) is 0 Å². The third kappa shape index (κ3) is 50.4. The highest BCUT2D eigenvalue weighted by atomic mass is 31.2. The summed E-state index contributed by atoms with van der Waals surface area (Å²) in [6.45, 7) is 4.30. The number of quaternary nitrogens is 1. The van der Waals surface area contributed by atoms with Crippen LogP contribution >= 0.6 is 7.82 Å². The fourth-order valence-electron chi connectivity index (χ4n) is 8.31. The summed E-state index contributed by atoms with van der Waals surface area (Å²) >= 11 is 0. The molecule has 0 aliphatic heterocycles. The molecule has 9 nitrogen and oxygen atoms in total. The van der Waals surface area contributed by atoms with Gasteiger partial charge in [-0.2, -0.15) is 0 Å². The lowest BCUT2D eigenvalue weighted by Gasteiger charge is -2.28. The van der Waals surface area contributed by atoms with Crippen molar-refractivity contribution in [3.63, 3.8) is 0 Å². The standard InChI is InChI=1S/C54H108NO8P/c1-6-8-10-12-14-16-18-20-22-23-24-25-26-27-28-29-30-31-32-33-35-37-39-41-43-45-47-54(57)63-52(51-62-64(58,59)61-49-48-55(3,4)5)50-60-53(56)46-44-42-40-38-36-34-21-19-17-15-13-11-9-7-2/h52H,6-51H2,1-5H3. The molecular formula is C54H108NO8P. The van der Waals surface area contributed by atoms with Crippen molar-refractivity contribution < 1.29 is 42.1 Å². The van der Waals surface area contributed by atoms with Gasteiger partial charge in [-0.05, 0) is 12.8 Å². The number of unbranched alkanes of at least 4 members (excludes halogenated alkanes) is 38. The van der Waals surface area contributed by atoms with Crippen LogP contribution in [-0.2, 0) is 32.7 Å². The molecule has 0 saturated carbocycles. The molecule has 64 heavy (non-hydrogen) atoms. The zero-order valence-corrected chi connectivity index (χ0v) is 44.2. The second-order valence-corrected chi connectivity index (χ2v) is 21.7. The van der Waals surface area contributed by atoms with E-state index >= 15 is 0 Å². The van der Waals surface area contributed by atoms with E-state index in [1.807, 2.05) is 21.1 Å². The Kier molecular flexibility index (Phi) is 46.4. The number of hydrogen-bond acceptors (Lipinski definition) is 8. The van der Waals surface area contributed by atoms with Crippen molar-refractivity contribution in [3.8, 4) is 0 Å². The van der Waals surface area contributed by atoms with E-state index in [1.54, 1.807) is 0 Å². The molecule has 0 N–H and O–H groups in total. The van der Waals surface area contributed by atoms with Gasteiger partial charge in [0.25, 0.3) is 7.82 Å². The molecule has 0 amide bonds. The van der Waals surface area contributed by atoms with E-state index in [1.165, 1.54) is 218 Å². The number of carbonyl (C=O) groups excluding carboxylic acids is 2. The first-order valence-corrected chi connectivity index (χ1v) is 29.2. The molecule has 0 rings (SSSR count). The average molecular weight is 930 g/mol. The van der Waals surface area contributed by atoms with E-state index in [-0.39, 0.29) is 32.0 Å². The molecule has 0 fully saturated rings. The van der Waals surface area contributed by atoms with Gasteiger partial charge in [0.15, 0.2) is 6.10 Å². The molecule has 10 heteroatoms. The largest absolute Gasteiger partial charge is 0.756 e. The summed E-state index contributed by atoms with van der Waals surface area (Å²) in [6.07, 6.45) is 51.5. The maximum absolute atomic E-state index is 12.8.